The van der Waals surface area contributed by atoms with Gasteiger partial charge in [0.2, 0.25) is 0 Å². The number of hydrogen-bond donors (Lipinski definition) is 0. The summed E-state index contributed by atoms with van der Waals surface area (Å²) in [5, 5.41) is 0. The molecule has 5 heteroatoms. The summed E-state index contributed by atoms with van der Waals surface area (Å²) in [5.41, 5.74) is -0.822. The van der Waals surface area contributed by atoms with Crippen molar-refractivity contribution < 1.29 is 9.08 Å². The van der Waals surface area contributed by atoms with E-state index in [1.807, 2.05) is 32.6 Å². The van der Waals surface area contributed by atoms with Gasteiger partial charge in [-0.15, -0.1) is 0 Å². The molecule has 0 N–H and O–H groups in total. The largest absolute Gasteiger partial charge is 0.357 e. The summed E-state index contributed by atoms with van der Waals surface area (Å²) in [7, 11) is 0. The molecule has 1 unspecified atom stereocenters. The molecule has 0 aliphatic carbocycles. The molecule has 13 heavy (non-hydrogen) atoms. The maximum atomic E-state index is 11.0. The number of rotatable bonds is 4. The summed E-state index contributed by atoms with van der Waals surface area (Å²) in [6, 6.07) is 0.330. The predicted molar refractivity (Wildman–Crippen MR) is 53.7 cm³/mol. The van der Waals surface area contributed by atoms with Gasteiger partial charge in [-0.25, -0.2) is 4.79 Å². The summed E-state index contributed by atoms with van der Waals surface area (Å²) in [6.07, 6.45) is 0. The van der Waals surface area contributed by atoms with Gasteiger partial charge in [-0.1, -0.05) is 11.6 Å². The van der Waals surface area contributed by atoms with Crippen molar-refractivity contribution in [3.05, 3.63) is 0 Å². The van der Waals surface area contributed by atoms with Crippen LogP contribution in [0.15, 0.2) is 0 Å². The van der Waals surface area contributed by atoms with Crippen LogP contribution in [0.25, 0.3) is 0 Å². The molecule has 0 amide bonds. The topological polar surface area (TPSA) is 29.5 Å². The van der Waals surface area contributed by atoms with Crippen LogP contribution in [0, 0.1) is 0 Å². The SMILES string of the molecule is CC(C)N(C(C)C)C(Cl)C(=O)OCl. The van der Waals surface area contributed by atoms with Crippen LogP contribution in [0.3, 0.4) is 0 Å². The van der Waals surface area contributed by atoms with E-state index in [1.54, 1.807) is 0 Å². The van der Waals surface area contributed by atoms with Crippen LogP contribution in [-0.2, 0) is 9.08 Å². The average Bonchev–Trinajstić information content (AvgIpc) is 2.01. The van der Waals surface area contributed by atoms with Crippen molar-refractivity contribution in [3.8, 4) is 0 Å². The summed E-state index contributed by atoms with van der Waals surface area (Å²) in [6.45, 7) is 7.82. The Labute approximate surface area is 89.1 Å². The summed E-state index contributed by atoms with van der Waals surface area (Å²) in [4.78, 5) is 12.8. The van der Waals surface area contributed by atoms with Gasteiger partial charge in [0.15, 0.2) is 5.50 Å². The second-order valence-corrected chi connectivity index (χ2v) is 3.93. The van der Waals surface area contributed by atoms with Crippen molar-refractivity contribution in [2.75, 3.05) is 0 Å². The van der Waals surface area contributed by atoms with Crippen LogP contribution in [-0.4, -0.2) is 28.5 Å². The van der Waals surface area contributed by atoms with Crippen molar-refractivity contribution in [3.63, 3.8) is 0 Å². The molecule has 0 heterocycles. The molecule has 0 bridgehead atoms. The Bertz CT molecular complexity index is 166. The van der Waals surface area contributed by atoms with Crippen LogP contribution in [0.4, 0.5) is 0 Å². The maximum absolute atomic E-state index is 11.0. The molecular formula is C8H15Cl2NO2. The van der Waals surface area contributed by atoms with E-state index in [4.69, 9.17) is 23.5 Å². The van der Waals surface area contributed by atoms with E-state index in [0.29, 0.717) is 0 Å². The first-order chi connectivity index (χ1) is 5.91. The zero-order valence-electron chi connectivity index (χ0n) is 8.25. The van der Waals surface area contributed by atoms with Gasteiger partial charge in [-0.05, 0) is 27.7 Å². The smallest absolute Gasteiger partial charge is 0.345 e. The van der Waals surface area contributed by atoms with Crippen molar-refractivity contribution in [1.82, 2.24) is 4.90 Å². The highest BCUT2D eigenvalue weighted by Crippen LogP contribution is 2.15. The minimum atomic E-state index is -0.822. The highest BCUT2D eigenvalue weighted by Gasteiger charge is 2.29. The lowest BCUT2D eigenvalue weighted by molar-refractivity contribution is -0.138. The maximum Gasteiger partial charge on any atom is 0.357 e. The minimum Gasteiger partial charge on any atom is -0.345 e. The average molecular weight is 228 g/mol. The number of nitrogens with zero attached hydrogens (tertiary/aromatic N) is 1. The second-order valence-electron chi connectivity index (χ2n) is 3.37. The molecule has 0 saturated heterocycles. The van der Waals surface area contributed by atoms with Gasteiger partial charge in [0.25, 0.3) is 0 Å². The van der Waals surface area contributed by atoms with Gasteiger partial charge in [0.1, 0.15) is 11.9 Å². The summed E-state index contributed by atoms with van der Waals surface area (Å²) < 4.78 is 4.05. The molecular weight excluding hydrogens is 213 g/mol. The number of hydrogen-bond acceptors (Lipinski definition) is 3. The van der Waals surface area contributed by atoms with E-state index in [-0.39, 0.29) is 12.1 Å². The van der Waals surface area contributed by atoms with E-state index in [0.717, 1.165) is 0 Å². The van der Waals surface area contributed by atoms with Gasteiger partial charge >= 0.3 is 5.97 Å². The van der Waals surface area contributed by atoms with Crippen LogP contribution in [0.1, 0.15) is 27.7 Å². The van der Waals surface area contributed by atoms with Crippen LogP contribution >= 0.6 is 23.5 Å². The molecule has 0 aliphatic heterocycles. The van der Waals surface area contributed by atoms with Crippen LogP contribution < -0.4 is 0 Å². The quantitative estimate of drug-likeness (QED) is 0.546. The fourth-order valence-electron chi connectivity index (χ4n) is 1.28. The lowest BCUT2D eigenvalue weighted by atomic mass is 10.2. The van der Waals surface area contributed by atoms with Gasteiger partial charge in [0.05, 0.1) is 0 Å². The third-order valence-corrected chi connectivity index (χ3v) is 2.28. The lowest BCUT2D eigenvalue weighted by Crippen LogP contribution is -2.46. The third kappa shape index (κ3) is 3.71. The highest BCUT2D eigenvalue weighted by atomic mass is 35.5. The molecule has 0 aromatic carbocycles. The Morgan fingerprint density at radius 3 is 1.85 bits per heavy atom. The fraction of sp³-hybridized carbons (Fsp3) is 0.875. The summed E-state index contributed by atoms with van der Waals surface area (Å²) in [5.74, 6) is -0.634. The molecule has 0 rings (SSSR count). The molecule has 78 valence electrons. The van der Waals surface area contributed by atoms with E-state index in [9.17, 15) is 4.79 Å². The molecule has 0 aliphatic rings. The van der Waals surface area contributed by atoms with Crippen LogP contribution in [0.2, 0.25) is 0 Å². The highest BCUT2D eigenvalue weighted by molar-refractivity contribution is 6.31. The molecule has 0 spiro atoms. The Morgan fingerprint density at radius 1 is 1.23 bits per heavy atom. The Balaban J connectivity index is 4.46. The van der Waals surface area contributed by atoms with E-state index in [2.05, 4.69) is 4.29 Å². The Kier molecular flexibility index (Phi) is 5.68. The first-order valence-electron chi connectivity index (χ1n) is 4.15. The van der Waals surface area contributed by atoms with Gasteiger partial charge in [-0.2, -0.15) is 0 Å². The van der Waals surface area contributed by atoms with E-state index < -0.39 is 11.5 Å². The van der Waals surface area contributed by atoms with Gasteiger partial charge in [-0.3, -0.25) is 4.90 Å². The van der Waals surface area contributed by atoms with E-state index >= 15 is 0 Å². The molecule has 0 fully saturated rings. The lowest BCUT2D eigenvalue weighted by Gasteiger charge is -2.32. The number of carbonyl (C=O) groups is 1. The van der Waals surface area contributed by atoms with Crippen LogP contribution in [0.5, 0.6) is 0 Å². The molecule has 0 saturated carbocycles. The number of carbonyl (C=O) groups excluding carboxylic acids is 1. The molecule has 0 radical (unpaired) electrons. The standard InChI is InChI=1S/C8H15Cl2NO2/c1-5(2)11(6(3)4)7(9)8(12)13-10/h5-7H,1-4H3. The number of alkyl halides is 1. The second kappa shape index (κ2) is 5.68. The van der Waals surface area contributed by atoms with Gasteiger partial charge < -0.3 is 4.29 Å². The van der Waals surface area contributed by atoms with E-state index in [1.165, 1.54) is 0 Å². The first kappa shape index (κ1) is 13.0. The van der Waals surface area contributed by atoms with Gasteiger partial charge in [0, 0.05) is 12.1 Å². The zero-order chi connectivity index (χ0) is 10.6. The minimum absolute atomic E-state index is 0.165. The van der Waals surface area contributed by atoms with Crippen molar-refractivity contribution in [1.29, 1.82) is 0 Å². The zero-order valence-corrected chi connectivity index (χ0v) is 9.76. The third-order valence-electron chi connectivity index (χ3n) is 1.72. The fourth-order valence-corrected chi connectivity index (χ4v) is 1.90. The molecule has 0 aromatic heterocycles. The Morgan fingerprint density at radius 2 is 1.62 bits per heavy atom. The first-order valence-corrected chi connectivity index (χ1v) is 4.90. The van der Waals surface area contributed by atoms with Crippen molar-refractivity contribution in [2.45, 2.75) is 45.3 Å². The predicted octanol–water partition coefficient (Wildman–Crippen LogP) is 2.37. The normalized spacial score (nSPS) is 13.9. The van der Waals surface area contributed by atoms with Crippen molar-refractivity contribution in [2.24, 2.45) is 0 Å². The molecule has 0 aromatic rings. The Hall–Kier alpha value is 0.01000. The molecule has 3 nitrogen and oxygen atoms in total. The molecule has 1 atom stereocenters. The van der Waals surface area contributed by atoms with Crippen molar-refractivity contribution >= 4 is 29.4 Å². The monoisotopic (exact) mass is 227 g/mol. The summed E-state index contributed by atoms with van der Waals surface area (Å²) >= 11 is 10.8. The number of halogens is 2.